The Hall–Kier alpha value is -4.00. The summed E-state index contributed by atoms with van der Waals surface area (Å²) < 4.78 is 0. The fourth-order valence-electron chi connectivity index (χ4n) is 4.13. The van der Waals surface area contributed by atoms with Gasteiger partial charge in [-0.05, 0) is 30.7 Å². The quantitative estimate of drug-likeness (QED) is 0.237. The highest BCUT2D eigenvalue weighted by molar-refractivity contribution is 5.97. The minimum atomic E-state index is -1.29. The van der Waals surface area contributed by atoms with Crippen LogP contribution in [0.1, 0.15) is 23.2 Å². The zero-order chi connectivity index (χ0) is 23.7. The number of hydrogen-bond acceptors (Lipinski definition) is 9. The van der Waals surface area contributed by atoms with Crippen LogP contribution in [0.4, 0.5) is 5.69 Å². The monoisotopic (exact) mass is 459 g/mol. The average molecular weight is 459 g/mol. The standard InChI is InChI=1S/C20H25N7O6/c21-20-24-16-15(18(31)25-20)27-9-26(8-12(27)7-22-16)11-3-1-10(2-4-11)17(30)23-13(19(32)33)5-6-14(28)29/h1-4,12-13,20,22,24H,5-9,21H2,(H,23,30)(H,25,31)(H,28,29)(H,32,33)/t12-,13+,20?/m1/s1. The molecule has 0 aromatic heterocycles. The third-order valence-electron chi connectivity index (χ3n) is 5.78. The molecule has 176 valence electrons. The molecule has 1 saturated heterocycles. The van der Waals surface area contributed by atoms with Gasteiger partial charge in [0.25, 0.3) is 11.8 Å². The van der Waals surface area contributed by atoms with Gasteiger partial charge in [-0.2, -0.15) is 0 Å². The topological polar surface area (TPSA) is 189 Å². The van der Waals surface area contributed by atoms with Crippen LogP contribution in [0, 0.1) is 0 Å². The van der Waals surface area contributed by atoms with Gasteiger partial charge in [0.2, 0.25) is 0 Å². The van der Waals surface area contributed by atoms with Crippen LogP contribution < -0.4 is 31.9 Å². The molecular weight excluding hydrogens is 434 g/mol. The number of anilines is 1. The third kappa shape index (κ3) is 4.62. The van der Waals surface area contributed by atoms with Gasteiger partial charge in [0.1, 0.15) is 17.6 Å². The van der Waals surface area contributed by atoms with Crippen LogP contribution >= 0.6 is 0 Å². The highest BCUT2D eigenvalue weighted by Gasteiger charge is 2.41. The van der Waals surface area contributed by atoms with Crippen molar-refractivity contribution in [2.45, 2.75) is 31.2 Å². The van der Waals surface area contributed by atoms with Crippen molar-refractivity contribution in [2.24, 2.45) is 5.73 Å². The van der Waals surface area contributed by atoms with E-state index < -0.39 is 30.2 Å². The minimum Gasteiger partial charge on any atom is -0.481 e. The second kappa shape index (κ2) is 8.86. The van der Waals surface area contributed by atoms with Crippen molar-refractivity contribution in [2.75, 3.05) is 24.7 Å². The Labute approximate surface area is 188 Å². The summed E-state index contributed by atoms with van der Waals surface area (Å²) in [5.74, 6) is -2.67. The Morgan fingerprint density at radius 1 is 1.18 bits per heavy atom. The summed E-state index contributed by atoms with van der Waals surface area (Å²) in [6.07, 6.45) is -1.23. The maximum atomic E-state index is 12.5. The molecule has 13 heteroatoms. The maximum absolute atomic E-state index is 12.5. The molecule has 3 atom stereocenters. The van der Waals surface area contributed by atoms with Crippen molar-refractivity contribution in [3.8, 4) is 0 Å². The molecule has 3 aliphatic heterocycles. The van der Waals surface area contributed by atoms with E-state index in [0.717, 1.165) is 5.69 Å². The molecule has 4 rings (SSSR count). The van der Waals surface area contributed by atoms with Gasteiger partial charge in [-0.3, -0.25) is 20.1 Å². The zero-order valence-electron chi connectivity index (χ0n) is 17.6. The fraction of sp³-hybridized carbons (Fsp3) is 0.400. The molecule has 0 saturated carbocycles. The first-order valence-corrected chi connectivity index (χ1v) is 10.4. The second-order valence-corrected chi connectivity index (χ2v) is 8.03. The number of carboxylic acids is 2. The van der Waals surface area contributed by atoms with Crippen molar-refractivity contribution in [1.29, 1.82) is 0 Å². The van der Waals surface area contributed by atoms with Crippen molar-refractivity contribution in [3.05, 3.63) is 41.3 Å². The van der Waals surface area contributed by atoms with Crippen LogP contribution in [0.15, 0.2) is 35.8 Å². The summed E-state index contributed by atoms with van der Waals surface area (Å²) in [4.78, 5) is 51.0. The Morgan fingerprint density at radius 3 is 2.58 bits per heavy atom. The van der Waals surface area contributed by atoms with Gasteiger partial charge in [-0.25, -0.2) is 4.79 Å². The number of aliphatic carboxylic acids is 2. The number of nitrogens with two attached hydrogens (primary N) is 1. The number of carbonyl (C=O) groups is 4. The van der Waals surface area contributed by atoms with Gasteiger partial charge < -0.3 is 41.3 Å². The number of nitrogens with one attached hydrogen (secondary N) is 4. The van der Waals surface area contributed by atoms with Gasteiger partial charge in [0, 0.05) is 30.8 Å². The van der Waals surface area contributed by atoms with Crippen LogP contribution in [0.25, 0.3) is 0 Å². The number of nitrogens with zero attached hydrogens (tertiary/aromatic N) is 2. The molecule has 2 amide bonds. The number of hydrogen-bond donors (Lipinski definition) is 7. The molecule has 13 nitrogen and oxygen atoms in total. The van der Waals surface area contributed by atoms with E-state index in [-0.39, 0.29) is 30.4 Å². The van der Waals surface area contributed by atoms with Crippen molar-refractivity contribution in [3.63, 3.8) is 0 Å². The average Bonchev–Trinajstić information content (AvgIpc) is 3.20. The largest absolute Gasteiger partial charge is 0.481 e. The lowest BCUT2D eigenvalue weighted by Gasteiger charge is -2.39. The Kier molecular flexibility index (Phi) is 5.96. The first kappa shape index (κ1) is 22.2. The van der Waals surface area contributed by atoms with Gasteiger partial charge in [-0.15, -0.1) is 0 Å². The molecule has 1 aromatic carbocycles. The number of carbonyl (C=O) groups excluding carboxylic acids is 2. The van der Waals surface area contributed by atoms with Gasteiger partial charge in [0.05, 0.1) is 12.7 Å². The van der Waals surface area contributed by atoms with Gasteiger partial charge >= 0.3 is 11.9 Å². The molecule has 3 aliphatic rings. The first-order chi connectivity index (χ1) is 15.7. The first-order valence-electron chi connectivity index (χ1n) is 10.4. The number of rotatable bonds is 7. The van der Waals surface area contributed by atoms with Crippen LogP contribution in [0.3, 0.4) is 0 Å². The van der Waals surface area contributed by atoms with E-state index in [2.05, 4.69) is 26.2 Å². The summed E-state index contributed by atoms with van der Waals surface area (Å²) in [7, 11) is 0. The SMILES string of the molecule is NC1NC(=O)C2=C(NC[C@@H]3CN(c4ccc(C(=O)N[C@@H](CCC(=O)O)C(=O)O)cc4)CN23)N1. The summed E-state index contributed by atoms with van der Waals surface area (Å²) >= 11 is 0. The summed E-state index contributed by atoms with van der Waals surface area (Å²) in [5.41, 5.74) is 7.37. The second-order valence-electron chi connectivity index (χ2n) is 8.03. The third-order valence-corrected chi connectivity index (χ3v) is 5.78. The Morgan fingerprint density at radius 2 is 1.91 bits per heavy atom. The van der Waals surface area contributed by atoms with Crippen molar-refractivity contribution < 1.29 is 29.4 Å². The van der Waals surface area contributed by atoms with Gasteiger partial charge in [-0.1, -0.05) is 0 Å². The highest BCUT2D eigenvalue weighted by atomic mass is 16.4. The molecule has 0 spiro atoms. The van der Waals surface area contributed by atoms with Crippen molar-refractivity contribution >= 4 is 29.4 Å². The molecule has 0 aliphatic carbocycles. The molecule has 1 fully saturated rings. The number of amides is 2. The van der Waals surface area contributed by atoms with E-state index in [4.69, 9.17) is 10.8 Å². The van der Waals surface area contributed by atoms with Crippen LogP contribution in [0.2, 0.25) is 0 Å². The van der Waals surface area contributed by atoms with E-state index >= 15 is 0 Å². The van der Waals surface area contributed by atoms with E-state index in [1.165, 1.54) is 0 Å². The molecule has 0 bridgehead atoms. The van der Waals surface area contributed by atoms with Crippen LogP contribution in [-0.2, 0) is 14.4 Å². The smallest absolute Gasteiger partial charge is 0.326 e. The van der Waals surface area contributed by atoms with Gasteiger partial charge in [0.15, 0.2) is 6.29 Å². The minimum absolute atomic E-state index is 0.0687. The van der Waals surface area contributed by atoms with Crippen molar-refractivity contribution in [1.82, 2.24) is 26.2 Å². The van der Waals surface area contributed by atoms with Crippen LogP contribution in [0.5, 0.6) is 0 Å². The number of fused-ring (bicyclic) bond motifs is 2. The molecule has 1 unspecified atom stereocenters. The molecule has 3 heterocycles. The Bertz CT molecular complexity index is 1010. The highest BCUT2D eigenvalue weighted by Crippen LogP contribution is 2.28. The number of benzene rings is 1. The molecule has 0 radical (unpaired) electrons. The maximum Gasteiger partial charge on any atom is 0.326 e. The molecule has 8 N–H and O–H groups in total. The Balaban J connectivity index is 1.42. The summed E-state index contributed by atoms with van der Waals surface area (Å²) in [6.45, 7) is 1.76. The van der Waals surface area contributed by atoms with E-state index in [1.807, 2.05) is 4.90 Å². The summed E-state index contributed by atoms with van der Waals surface area (Å²) in [5, 5.41) is 29.2. The van der Waals surface area contributed by atoms with E-state index in [9.17, 15) is 24.3 Å². The normalized spacial score (nSPS) is 22.4. The molecule has 1 aromatic rings. The summed E-state index contributed by atoms with van der Waals surface area (Å²) in [6, 6.07) is 5.43. The predicted octanol–water partition coefficient (Wildman–Crippen LogP) is -2.08. The zero-order valence-corrected chi connectivity index (χ0v) is 17.6. The lowest BCUT2D eigenvalue weighted by atomic mass is 10.1. The van der Waals surface area contributed by atoms with E-state index in [1.54, 1.807) is 24.3 Å². The van der Waals surface area contributed by atoms with Crippen LogP contribution in [-0.4, -0.2) is 77.0 Å². The van der Waals surface area contributed by atoms with E-state index in [0.29, 0.717) is 31.3 Å². The predicted molar refractivity (Wildman–Crippen MR) is 114 cm³/mol. The number of carboxylic acid groups (broad SMARTS) is 2. The molecular formula is C20H25N7O6. The fourth-order valence-corrected chi connectivity index (χ4v) is 4.13. The molecule has 33 heavy (non-hydrogen) atoms. The lowest BCUT2D eigenvalue weighted by Crippen LogP contribution is -2.63. The lowest BCUT2D eigenvalue weighted by molar-refractivity contribution is -0.140.